The van der Waals surface area contributed by atoms with Gasteiger partial charge in [0.25, 0.3) is 0 Å². The molecule has 2 aliphatic rings. The van der Waals surface area contributed by atoms with Gasteiger partial charge in [-0.05, 0) is 18.4 Å². The molecule has 96 valence electrons. The molecular weight excluding hydrogens is 226 g/mol. The molecule has 3 nitrogen and oxygen atoms in total. The highest BCUT2D eigenvalue weighted by atomic mass is 16.3. The van der Waals surface area contributed by atoms with Crippen LogP contribution in [0, 0.1) is 5.92 Å². The highest BCUT2D eigenvalue weighted by Gasteiger charge is 2.43. The molecule has 3 heteroatoms. The van der Waals surface area contributed by atoms with Crippen molar-refractivity contribution in [2.75, 3.05) is 0 Å². The van der Waals surface area contributed by atoms with Gasteiger partial charge in [0.05, 0.1) is 6.04 Å². The fourth-order valence-corrected chi connectivity index (χ4v) is 3.32. The summed E-state index contributed by atoms with van der Waals surface area (Å²) in [5.41, 5.74) is 1.00. The molecule has 18 heavy (non-hydrogen) atoms. The van der Waals surface area contributed by atoms with Gasteiger partial charge in [-0.1, -0.05) is 43.2 Å². The van der Waals surface area contributed by atoms with Gasteiger partial charge in [-0.15, -0.1) is 0 Å². The molecule has 1 aliphatic carbocycles. The molecule has 0 spiro atoms. The average Bonchev–Trinajstić information content (AvgIpc) is 2.44. The van der Waals surface area contributed by atoms with Crippen LogP contribution in [0.2, 0.25) is 0 Å². The van der Waals surface area contributed by atoms with Gasteiger partial charge in [0.1, 0.15) is 6.10 Å². The average molecular weight is 245 g/mol. The number of ketones is 1. The molecule has 2 N–H and O–H groups in total. The second kappa shape index (κ2) is 4.82. The van der Waals surface area contributed by atoms with Crippen molar-refractivity contribution in [2.45, 2.75) is 43.9 Å². The SMILES string of the molecule is O=C1C(O)C(c2ccccc2)NC2CCCCC12. The summed E-state index contributed by atoms with van der Waals surface area (Å²) in [6.45, 7) is 0. The van der Waals surface area contributed by atoms with Gasteiger partial charge in [-0.25, -0.2) is 0 Å². The summed E-state index contributed by atoms with van der Waals surface area (Å²) in [6.07, 6.45) is 3.37. The van der Waals surface area contributed by atoms with Crippen LogP contribution in [0.5, 0.6) is 0 Å². The highest BCUT2D eigenvalue weighted by Crippen LogP contribution is 2.34. The van der Waals surface area contributed by atoms with Crippen LogP contribution in [0.15, 0.2) is 30.3 Å². The molecule has 0 aromatic heterocycles. The van der Waals surface area contributed by atoms with E-state index in [9.17, 15) is 9.90 Å². The molecule has 3 rings (SSSR count). The topological polar surface area (TPSA) is 49.3 Å². The zero-order chi connectivity index (χ0) is 12.5. The lowest BCUT2D eigenvalue weighted by molar-refractivity contribution is -0.139. The van der Waals surface area contributed by atoms with Gasteiger partial charge >= 0.3 is 0 Å². The summed E-state index contributed by atoms with van der Waals surface area (Å²) in [7, 11) is 0. The van der Waals surface area contributed by atoms with E-state index in [0.29, 0.717) is 0 Å². The maximum Gasteiger partial charge on any atom is 0.167 e. The largest absolute Gasteiger partial charge is 0.383 e. The monoisotopic (exact) mass is 245 g/mol. The Bertz CT molecular complexity index is 431. The number of rotatable bonds is 1. The molecule has 0 bridgehead atoms. The first-order chi connectivity index (χ1) is 8.77. The van der Waals surface area contributed by atoms with Crippen LogP contribution < -0.4 is 5.32 Å². The van der Waals surface area contributed by atoms with E-state index in [4.69, 9.17) is 0 Å². The summed E-state index contributed by atoms with van der Waals surface area (Å²) in [6, 6.07) is 9.79. The Hall–Kier alpha value is -1.19. The van der Waals surface area contributed by atoms with E-state index in [1.54, 1.807) is 0 Å². The van der Waals surface area contributed by atoms with E-state index >= 15 is 0 Å². The number of hydrogen-bond acceptors (Lipinski definition) is 3. The highest BCUT2D eigenvalue weighted by molar-refractivity contribution is 5.87. The summed E-state index contributed by atoms with van der Waals surface area (Å²) in [5, 5.41) is 13.7. The summed E-state index contributed by atoms with van der Waals surface area (Å²) in [5.74, 6) is 0.0565. The maximum atomic E-state index is 12.3. The second-order valence-corrected chi connectivity index (χ2v) is 5.40. The lowest BCUT2D eigenvalue weighted by Crippen LogP contribution is -2.56. The minimum atomic E-state index is -0.897. The third-order valence-corrected chi connectivity index (χ3v) is 4.29. The standard InChI is InChI=1S/C15H19NO2/c17-14-11-8-4-5-9-12(11)16-13(15(14)18)10-6-2-1-3-7-10/h1-3,6-7,11-13,15-16,18H,4-5,8-9H2. The number of benzene rings is 1. The van der Waals surface area contributed by atoms with Crippen molar-refractivity contribution in [3.8, 4) is 0 Å². The van der Waals surface area contributed by atoms with Crippen LogP contribution in [-0.4, -0.2) is 23.0 Å². The number of nitrogens with one attached hydrogen (secondary N) is 1. The van der Waals surface area contributed by atoms with Crippen LogP contribution in [-0.2, 0) is 4.79 Å². The minimum absolute atomic E-state index is 0.0220. The zero-order valence-electron chi connectivity index (χ0n) is 10.4. The quantitative estimate of drug-likeness (QED) is 0.793. The Morgan fingerprint density at radius 1 is 1.11 bits per heavy atom. The Balaban J connectivity index is 1.86. The number of carbonyl (C=O) groups excluding carboxylic acids is 1. The maximum absolute atomic E-state index is 12.3. The molecule has 0 radical (unpaired) electrons. The molecule has 1 heterocycles. The molecule has 4 atom stereocenters. The Morgan fingerprint density at radius 3 is 2.61 bits per heavy atom. The van der Waals surface area contributed by atoms with Crippen molar-refractivity contribution in [1.82, 2.24) is 5.32 Å². The minimum Gasteiger partial charge on any atom is -0.383 e. The van der Waals surface area contributed by atoms with Crippen molar-refractivity contribution in [3.05, 3.63) is 35.9 Å². The first-order valence-electron chi connectivity index (χ1n) is 6.80. The van der Waals surface area contributed by atoms with Crippen molar-refractivity contribution in [1.29, 1.82) is 0 Å². The first-order valence-corrected chi connectivity index (χ1v) is 6.80. The molecule has 1 aromatic carbocycles. The summed E-state index contributed by atoms with van der Waals surface area (Å²) in [4.78, 5) is 12.3. The molecule has 1 saturated heterocycles. The van der Waals surface area contributed by atoms with Gasteiger partial charge in [0.2, 0.25) is 0 Å². The number of Topliss-reactive ketones (excluding diaryl/α,β-unsaturated/α-hetero) is 1. The van der Waals surface area contributed by atoms with E-state index in [1.807, 2.05) is 30.3 Å². The first kappa shape index (κ1) is 11.9. The molecule has 1 aliphatic heterocycles. The lowest BCUT2D eigenvalue weighted by Gasteiger charge is -2.42. The van der Waals surface area contributed by atoms with Crippen molar-refractivity contribution >= 4 is 5.78 Å². The zero-order valence-corrected chi connectivity index (χ0v) is 10.4. The van der Waals surface area contributed by atoms with Crippen LogP contribution >= 0.6 is 0 Å². The van der Waals surface area contributed by atoms with Gasteiger partial charge in [0, 0.05) is 12.0 Å². The Kier molecular flexibility index (Phi) is 3.18. The van der Waals surface area contributed by atoms with Gasteiger partial charge in [-0.2, -0.15) is 0 Å². The van der Waals surface area contributed by atoms with Crippen LogP contribution in [0.1, 0.15) is 37.3 Å². The fourth-order valence-electron chi connectivity index (χ4n) is 3.32. The van der Waals surface area contributed by atoms with Crippen LogP contribution in [0.25, 0.3) is 0 Å². The number of aliphatic hydroxyl groups excluding tert-OH is 1. The number of carbonyl (C=O) groups is 1. The van der Waals surface area contributed by atoms with Gasteiger partial charge < -0.3 is 10.4 Å². The number of aliphatic hydroxyl groups is 1. The van der Waals surface area contributed by atoms with E-state index < -0.39 is 6.10 Å². The normalized spacial score (nSPS) is 36.2. The predicted octanol–water partition coefficient (Wildman–Crippen LogP) is 1.82. The summed E-state index contributed by atoms with van der Waals surface area (Å²) < 4.78 is 0. The lowest BCUT2D eigenvalue weighted by atomic mass is 9.74. The molecule has 1 aromatic rings. The van der Waals surface area contributed by atoms with Crippen LogP contribution in [0.4, 0.5) is 0 Å². The molecule has 2 fully saturated rings. The predicted molar refractivity (Wildman–Crippen MR) is 69.1 cm³/mol. The molecule has 4 unspecified atom stereocenters. The second-order valence-electron chi connectivity index (χ2n) is 5.40. The number of fused-ring (bicyclic) bond motifs is 1. The van der Waals surface area contributed by atoms with E-state index in [1.165, 1.54) is 6.42 Å². The third kappa shape index (κ3) is 1.98. The Labute approximate surface area is 107 Å². The summed E-state index contributed by atoms with van der Waals surface area (Å²) >= 11 is 0. The molecular formula is C15H19NO2. The van der Waals surface area contributed by atoms with Crippen molar-refractivity contribution in [2.24, 2.45) is 5.92 Å². The molecule has 1 saturated carbocycles. The third-order valence-electron chi connectivity index (χ3n) is 4.29. The molecule has 0 amide bonds. The van der Waals surface area contributed by atoms with E-state index in [-0.39, 0.29) is 23.8 Å². The van der Waals surface area contributed by atoms with E-state index in [2.05, 4.69) is 5.32 Å². The number of piperidine rings is 1. The van der Waals surface area contributed by atoms with Crippen molar-refractivity contribution < 1.29 is 9.90 Å². The van der Waals surface area contributed by atoms with Crippen molar-refractivity contribution in [3.63, 3.8) is 0 Å². The smallest absolute Gasteiger partial charge is 0.167 e. The van der Waals surface area contributed by atoms with Gasteiger partial charge in [-0.3, -0.25) is 4.79 Å². The van der Waals surface area contributed by atoms with E-state index in [0.717, 1.165) is 24.8 Å². The fraction of sp³-hybridized carbons (Fsp3) is 0.533. The number of hydrogen-bond donors (Lipinski definition) is 2. The van der Waals surface area contributed by atoms with Crippen LogP contribution in [0.3, 0.4) is 0 Å². The Morgan fingerprint density at radius 2 is 1.83 bits per heavy atom. The van der Waals surface area contributed by atoms with Gasteiger partial charge in [0.15, 0.2) is 5.78 Å².